The summed E-state index contributed by atoms with van der Waals surface area (Å²) in [6.45, 7) is 14.0. The van der Waals surface area contributed by atoms with Crippen LogP contribution in [0.2, 0.25) is 0 Å². The predicted molar refractivity (Wildman–Crippen MR) is 92.4 cm³/mol. The van der Waals surface area contributed by atoms with Crippen molar-refractivity contribution in [3.8, 4) is 0 Å². The lowest BCUT2D eigenvalue weighted by Crippen LogP contribution is -2.27. The molecule has 1 aromatic rings. The minimum Gasteiger partial charge on any atom is -0.396 e. The maximum atomic E-state index is 14.6. The average molecular weight is 298 g/mol. The van der Waals surface area contributed by atoms with Gasteiger partial charge in [0.15, 0.2) is 0 Å². The van der Waals surface area contributed by atoms with Gasteiger partial charge in [0.1, 0.15) is 5.82 Å². The van der Waals surface area contributed by atoms with Crippen LogP contribution in [0.1, 0.15) is 43.4 Å². The zero-order valence-corrected chi connectivity index (χ0v) is 13.6. The predicted octanol–water partition coefficient (Wildman–Crippen LogP) is 4.73. The van der Waals surface area contributed by atoms with Crippen molar-refractivity contribution in [1.82, 2.24) is 0 Å². The summed E-state index contributed by atoms with van der Waals surface area (Å²) >= 11 is 0. The molecule has 2 nitrogen and oxygen atoms in total. The summed E-state index contributed by atoms with van der Waals surface area (Å²) < 4.78 is 14.6. The molecule has 0 saturated heterocycles. The maximum absolute atomic E-state index is 14.6. The molecular formula is C19H23FN2. The Morgan fingerprint density at radius 2 is 2.09 bits per heavy atom. The number of nitrogens with two attached hydrogens (primary N) is 1. The second-order valence-electron chi connectivity index (χ2n) is 6.35. The van der Waals surface area contributed by atoms with E-state index in [1.807, 2.05) is 13.8 Å². The normalized spacial score (nSPS) is 17.4. The fraction of sp³-hybridized carbons (Fsp3) is 0.368. The van der Waals surface area contributed by atoms with E-state index >= 15 is 0 Å². The fourth-order valence-corrected chi connectivity index (χ4v) is 3.35. The number of benzene rings is 1. The maximum Gasteiger partial charge on any atom is 0.150 e. The Bertz CT molecular complexity index is 724. The van der Waals surface area contributed by atoms with Gasteiger partial charge in [0, 0.05) is 23.4 Å². The van der Waals surface area contributed by atoms with Gasteiger partial charge in [-0.15, -0.1) is 0 Å². The number of hydrogen-bond acceptors (Lipinski definition) is 2. The largest absolute Gasteiger partial charge is 0.396 e. The molecule has 1 aliphatic carbocycles. The van der Waals surface area contributed by atoms with E-state index in [1.54, 1.807) is 0 Å². The van der Waals surface area contributed by atoms with E-state index in [0.717, 1.165) is 52.8 Å². The Morgan fingerprint density at radius 3 is 2.59 bits per heavy atom. The molecule has 1 aromatic carbocycles. The third kappa shape index (κ3) is 1.99. The van der Waals surface area contributed by atoms with Crippen LogP contribution in [-0.2, 0) is 6.42 Å². The fourth-order valence-electron chi connectivity index (χ4n) is 3.35. The monoisotopic (exact) mass is 298 g/mol. The second kappa shape index (κ2) is 5.01. The van der Waals surface area contributed by atoms with Gasteiger partial charge in [0.2, 0.25) is 0 Å². The third-order valence-electron chi connectivity index (χ3n) is 4.72. The topological polar surface area (TPSA) is 29.3 Å². The van der Waals surface area contributed by atoms with Crippen LogP contribution in [0.4, 0.5) is 15.8 Å². The molecule has 1 aliphatic heterocycles. The molecule has 0 amide bonds. The van der Waals surface area contributed by atoms with Crippen molar-refractivity contribution in [2.45, 2.75) is 46.1 Å². The van der Waals surface area contributed by atoms with Crippen molar-refractivity contribution in [2.24, 2.45) is 0 Å². The van der Waals surface area contributed by atoms with Gasteiger partial charge in [0.25, 0.3) is 0 Å². The van der Waals surface area contributed by atoms with Crippen molar-refractivity contribution >= 4 is 16.9 Å². The zero-order valence-electron chi connectivity index (χ0n) is 13.6. The Balaban J connectivity index is 2.35. The lowest BCUT2D eigenvalue weighted by molar-refractivity contribution is 0.619. The summed E-state index contributed by atoms with van der Waals surface area (Å²) in [4.78, 5) is 2.27. The van der Waals surface area contributed by atoms with Gasteiger partial charge in [-0.1, -0.05) is 20.1 Å². The number of allylic oxidation sites excluding steroid dienone is 3. The number of hydrogen-bond donors (Lipinski definition) is 1. The highest BCUT2D eigenvalue weighted by Gasteiger charge is 2.36. The molecule has 0 aromatic heterocycles. The summed E-state index contributed by atoms with van der Waals surface area (Å²) in [5.41, 5.74) is 12.5. The van der Waals surface area contributed by atoms with E-state index in [9.17, 15) is 4.39 Å². The highest BCUT2D eigenvalue weighted by atomic mass is 19.1. The number of fused-ring (bicyclic) bond motifs is 1. The Hall–Kier alpha value is -2.03. The average Bonchev–Trinajstić information content (AvgIpc) is 3.29. The summed E-state index contributed by atoms with van der Waals surface area (Å²) in [5, 5.41) is 0. The lowest BCUT2D eigenvalue weighted by Gasteiger charge is -2.35. The summed E-state index contributed by atoms with van der Waals surface area (Å²) in [6, 6.07) is 0.482. The molecule has 0 bridgehead atoms. The molecule has 22 heavy (non-hydrogen) atoms. The van der Waals surface area contributed by atoms with Gasteiger partial charge in [-0.3, -0.25) is 0 Å². The van der Waals surface area contributed by atoms with Crippen LogP contribution in [0.15, 0.2) is 30.5 Å². The first-order valence-electron chi connectivity index (χ1n) is 7.84. The van der Waals surface area contributed by atoms with Crippen molar-refractivity contribution in [2.75, 3.05) is 10.6 Å². The third-order valence-corrected chi connectivity index (χ3v) is 4.72. The first-order chi connectivity index (χ1) is 10.4. The van der Waals surface area contributed by atoms with E-state index in [4.69, 9.17) is 5.73 Å². The van der Waals surface area contributed by atoms with Crippen LogP contribution in [0.3, 0.4) is 0 Å². The molecule has 1 heterocycles. The molecule has 1 fully saturated rings. The highest BCUT2D eigenvalue weighted by molar-refractivity contribution is 5.98. The molecule has 1 saturated carbocycles. The van der Waals surface area contributed by atoms with Crippen LogP contribution in [0, 0.1) is 12.7 Å². The number of nitrogens with zero attached hydrogens (tertiary/aromatic N) is 1. The highest BCUT2D eigenvalue weighted by Crippen LogP contribution is 2.49. The Kier molecular flexibility index (Phi) is 3.39. The molecule has 0 radical (unpaired) electrons. The standard InChI is InChI=1S/C19H23FN2/c1-6-14-12(5)17(20)18(21)16-11(4)15(10(2)3)9-22(19(14)16)13-7-8-13/h9,13H,2,4,6-8,21H2,1,3,5H3. The smallest absolute Gasteiger partial charge is 0.150 e. The second-order valence-corrected chi connectivity index (χ2v) is 6.35. The minimum absolute atomic E-state index is 0.215. The molecule has 2 N–H and O–H groups in total. The molecule has 0 spiro atoms. The summed E-state index contributed by atoms with van der Waals surface area (Å²) in [5.74, 6) is -0.310. The molecule has 0 unspecified atom stereocenters. The number of anilines is 2. The van der Waals surface area contributed by atoms with Crippen LogP contribution in [0.5, 0.6) is 0 Å². The van der Waals surface area contributed by atoms with Crippen molar-refractivity contribution in [1.29, 1.82) is 0 Å². The molecule has 2 aliphatic rings. The van der Waals surface area contributed by atoms with E-state index in [-0.39, 0.29) is 11.5 Å². The number of nitrogen functional groups attached to an aromatic ring is 1. The van der Waals surface area contributed by atoms with E-state index in [2.05, 4.69) is 31.2 Å². The van der Waals surface area contributed by atoms with E-state index in [0.29, 0.717) is 11.6 Å². The lowest BCUT2D eigenvalue weighted by atomic mass is 9.85. The molecule has 3 heteroatoms. The van der Waals surface area contributed by atoms with E-state index in [1.165, 1.54) is 0 Å². The van der Waals surface area contributed by atoms with Crippen molar-refractivity contribution in [3.63, 3.8) is 0 Å². The van der Waals surface area contributed by atoms with Gasteiger partial charge in [0.05, 0.1) is 11.4 Å². The SMILES string of the molecule is C=C(C)C1=CN(C2CC2)c2c(CC)c(C)c(F)c(N)c2C1=C. The molecular weight excluding hydrogens is 275 g/mol. The molecule has 0 atom stereocenters. The number of halogens is 1. The molecule has 116 valence electrons. The van der Waals surface area contributed by atoms with Crippen molar-refractivity contribution in [3.05, 3.63) is 53.0 Å². The van der Waals surface area contributed by atoms with Crippen LogP contribution in [-0.4, -0.2) is 6.04 Å². The quantitative estimate of drug-likeness (QED) is 0.817. The van der Waals surface area contributed by atoms with Gasteiger partial charge in [-0.25, -0.2) is 4.39 Å². The van der Waals surface area contributed by atoms with E-state index < -0.39 is 0 Å². The zero-order chi connectivity index (χ0) is 16.2. The first-order valence-corrected chi connectivity index (χ1v) is 7.84. The molecule has 3 rings (SSSR count). The van der Waals surface area contributed by atoms with Crippen LogP contribution >= 0.6 is 0 Å². The van der Waals surface area contributed by atoms with Gasteiger partial charge in [-0.2, -0.15) is 0 Å². The summed E-state index contributed by atoms with van der Waals surface area (Å²) in [7, 11) is 0. The first kappa shape index (κ1) is 14.9. The minimum atomic E-state index is -0.310. The van der Waals surface area contributed by atoms with Gasteiger partial charge < -0.3 is 10.6 Å². The Morgan fingerprint density at radius 1 is 1.45 bits per heavy atom. The van der Waals surface area contributed by atoms with Gasteiger partial charge in [-0.05, 0) is 55.4 Å². The van der Waals surface area contributed by atoms with Crippen LogP contribution < -0.4 is 10.6 Å². The summed E-state index contributed by atoms with van der Waals surface area (Å²) in [6.07, 6.45) is 5.22. The van der Waals surface area contributed by atoms with Gasteiger partial charge >= 0.3 is 0 Å². The Labute approximate surface area is 131 Å². The number of rotatable bonds is 3. The van der Waals surface area contributed by atoms with Crippen molar-refractivity contribution < 1.29 is 4.39 Å². The van der Waals surface area contributed by atoms with Crippen LogP contribution in [0.25, 0.3) is 5.57 Å².